The predicted octanol–water partition coefficient (Wildman–Crippen LogP) is 3.84. The number of aromatic nitrogens is 3. The van der Waals surface area contributed by atoms with Crippen LogP contribution in [0.4, 0.5) is 13.2 Å². The Hall–Kier alpha value is -3.63. The molecule has 180 valence electrons. The SMILES string of the molecule is CCOC(=O)C1CCN(C(=O)c2cnn3c(C(F)(F)F)cc(-c4cccc(OC)c4)nc23)CC1. The molecule has 1 saturated heterocycles. The number of hydrogen-bond acceptors (Lipinski definition) is 6. The molecule has 0 atom stereocenters. The Morgan fingerprint density at radius 3 is 2.56 bits per heavy atom. The lowest BCUT2D eigenvalue weighted by atomic mass is 9.96. The number of methoxy groups -OCH3 is 1. The summed E-state index contributed by atoms with van der Waals surface area (Å²) in [6.07, 6.45) is -2.79. The first-order valence-corrected chi connectivity index (χ1v) is 10.8. The van der Waals surface area contributed by atoms with E-state index in [1.165, 1.54) is 12.0 Å². The first-order chi connectivity index (χ1) is 16.2. The molecule has 11 heteroatoms. The first-order valence-electron chi connectivity index (χ1n) is 10.8. The third-order valence-corrected chi connectivity index (χ3v) is 5.76. The minimum atomic E-state index is -4.72. The normalized spacial score (nSPS) is 14.9. The molecule has 1 aliphatic rings. The molecule has 1 fully saturated rings. The van der Waals surface area contributed by atoms with Crippen LogP contribution in [0, 0.1) is 5.92 Å². The van der Waals surface area contributed by atoms with Crippen LogP contribution in [-0.4, -0.2) is 58.2 Å². The summed E-state index contributed by atoms with van der Waals surface area (Å²) in [5, 5.41) is 3.82. The zero-order valence-electron chi connectivity index (χ0n) is 18.6. The van der Waals surface area contributed by atoms with Gasteiger partial charge in [-0.15, -0.1) is 0 Å². The second kappa shape index (κ2) is 9.32. The number of piperidine rings is 1. The van der Waals surface area contributed by atoms with E-state index in [0.29, 0.717) is 28.7 Å². The lowest BCUT2D eigenvalue weighted by Gasteiger charge is -2.30. The van der Waals surface area contributed by atoms with Crippen molar-refractivity contribution in [1.29, 1.82) is 0 Å². The van der Waals surface area contributed by atoms with Crippen molar-refractivity contribution in [3.63, 3.8) is 0 Å². The number of rotatable bonds is 5. The van der Waals surface area contributed by atoms with Gasteiger partial charge in [0.05, 0.1) is 31.5 Å². The Morgan fingerprint density at radius 1 is 1.18 bits per heavy atom. The largest absolute Gasteiger partial charge is 0.497 e. The lowest BCUT2D eigenvalue weighted by molar-refractivity contribution is -0.149. The molecule has 2 aromatic heterocycles. The summed E-state index contributed by atoms with van der Waals surface area (Å²) in [5.41, 5.74) is -0.832. The molecule has 0 N–H and O–H groups in total. The fourth-order valence-corrected chi connectivity index (χ4v) is 3.99. The van der Waals surface area contributed by atoms with Gasteiger partial charge in [-0.1, -0.05) is 12.1 Å². The number of halogens is 3. The highest BCUT2D eigenvalue weighted by molar-refractivity contribution is 6.00. The Kier molecular flexibility index (Phi) is 6.45. The van der Waals surface area contributed by atoms with Crippen molar-refractivity contribution < 1.29 is 32.2 Å². The quantitative estimate of drug-likeness (QED) is 0.520. The van der Waals surface area contributed by atoms with E-state index in [4.69, 9.17) is 9.47 Å². The number of carbonyl (C=O) groups is 2. The van der Waals surface area contributed by atoms with Crippen molar-refractivity contribution in [3.8, 4) is 17.0 Å². The Labute approximate surface area is 193 Å². The summed E-state index contributed by atoms with van der Waals surface area (Å²) in [6, 6.07) is 7.38. The van der Waals surface area contributed by atoms with E-state index < -0.39 is 17.8 Å². The van der Waals surface area contributed by atoms with E-state index in [1.54, 1.807) is 31.2 Å². The maximum absolute atomic E-state index is 13.9. The highest BCUT2D eigenvalue weighted by atomic mass is 19.4. The number of fused-ring (bicyclic) bond motifs is 1. The van der Waals surface area contributed by atoms with Gasteiger partial charge in [-0.25, -0.2) is 9.50 Å². The minimum absolute atomic E-state index is 0.0364. The van der Waals surface area contributed by atoms with Gasteiger partial charge in [0.25, 0.3) is 5.91 Å². The van der Waals surface area contributed by atoms with Crippen LogP contribution >= 0.6 is 0 Å². The molecule has 1 amide bonds. The van der Waals surface area contributed by atoms with Crippen LogP contribution in [0.1, 0.15) is 35.8 Å². The fourth-order valence-electron chi connectivity index (χ4n) is 3.99. The number of hydrogen-bond donors (Lipinski definition) is 0. The van der Waals surface area contributed by atoms with Gasteiger partial charge < -0.3 is 14.4 Å². The van der Waals surface area contributed by atoms with Crippen molar-refractivity contribution in [2.45, 2.75) is 25.9 Å². The van der Waals surface area contributed by atoms with E-state index in [0.717, 1.165) is 12.3 Å². The molecule has 1 aromatic carbocycles. The van der Waals surface area contributed by atoms with Gasteiger partial charge in [0.2, 0.25) is 0 Å². The highest BCUT2D eigenvalue weighted by Gasteiger charge is 2.37. The number of nitrogens with zero attached hydrogens (tertiary/aromatic N) is 4. The molecule has 3 heterocycles. The smallest absolute Gasteiger partial charge is 0.433 e. The van der Waals surface area contributed by atoms with Crippen molar-refractivity contribution in [1.82, 2.24) is 19.5 Å². The van der Waals surface area contributed by atoms with Gasteiger partial charge in [0, 0.05) is 18.7 Å². The average Bonchev–Trinajstić information content (AvgIpc) is 3.26. The highest BCUT2D eigenvalue weighted by Crippen LogP contribution is 2.34. The van der Waals surface area contributed by atoms with Crippen LogP contribution in [-0.2, 0) is 15.7 Å². The van der Waals surface area contributed by atoms with Crippen LogP contribution in [0.2, 0.25) is 0 Å². The number of esters is 1. The molecular weight excluding hydrogens is 453 g/mol. The van der Waals surface area contributed by atoms with Crippen LogP contribution in [0.5, 0.6) is 5.75 Å². The van der Waals surface area contributed by atoms with Crippen LogP contribution in [0.25, 0.3) is 16.9 Å². The lowest BCUT2D eigenvalue weighted by Crippen LogP contribution is -2.40. The maximum Gasteiger partial charge on any atom is 0.433 e. The van der Waals surface area contributed by atoms with E-state index in [-0.39, 0.29) is 48.5 Å². The Morgan fingerprint density at radius 2 is 1.91 bits per heavy atom. The van der Waals surface area contributed by atoms with Crippen molar-refractivity contribution in [2.75, 3.05) is 26.8 Å². The number of benzene rings is 1. The predicted molar refractivity (Wildman–Crippen MR) is 115 cm³/mol. The van der Waals surface area contributed by atoms with Crippen LogP contribution in [0.3, 0.4) is 0 Å². The monoisotopic (exact) mass is 476 g/mol. The van der Waals surface area contributed by atoms with Gasteiger partial charge in [-0.3, -0.25) is 9.59 Å². The van der Waals surface area contributed by atoms with Gasteiger partial charge in [0.15, 0.2) is 11.3 Å². The molecule has 0 saturated carbocycles. The Balaban J connectivity index is 1.70. The van der Waals surface area contributed by atoms with Crippen LogP contribution < -0.4 is 4.74 Å². The Bertz CT molecular complexity index is 1220. The molecule has 0 spiro atoms. The summed E-state index contributed by atoms with van der Waals surface area (Å²) >= 11 is 0. The molecule has 1 aliphatic heterocycles. The minimum Gasteiger partial charge on any atom is -0.497 e. The molecule has 3 aromatic rings. The number of alkyl halides is 3. The zero-order chi connectivity index (χ0) is 24.5. The van der Waals surface area contributed by atoms with Crippen molar-refractivity contribution in [3.05, 3.63) is 47.8 Å². The fraction of sp³-hybridized carbons (Fsp3) is 0.391. The van der Waals surface area contributed by atoms with Crippen LogP contribution in [0.15, 0.2) is 36.5 Å². The summed E-state index contributed by atoms with van der Waals surface area (Å²) in [7, 11) is 1.45. The summed E-state index contributed by atoms with van der Waals surface area (Å²) in [5.74, 6) is -0.629. The van der Waals surface area contributed by atoms with Crippen molar-refractivity contribution >= 4 is 17.5 Å². The second-order valence-electron chi connectivity index (χ2n) is 7.87. The standard InChI is InChI=1S/C23H23F3N4O4/c1-3-34-22(32)14-7-9-29(10-8-14)21(31)17-13-27-30-19(23(24,25)26)12-18(28-20(17)30)15-5-4-6-16(11-15)33-2/h4-6,11-14H,3,7-10H2,1-2H3. The first kappa shape index (κ1) is 23.5. The van der Waals surface area contributed by atoms with Gasteiger partial charge in [0.1, 0.15) is 11.3 Å². The van der Waals surface area contributed by atoms with E-state index in [2.05, 4.69) is 10.1 Å². The van der Waals surface area contributed by atoms with E-state index in [1.807, 2.05) is 0 Å². The third kappa shape index (κ3) is 4.55. The van der Waals surface area contributed by atoms with E-state index in [9.17, 15) is 22.8 Å². The molecule has 0 aliphatic carbocycles. The number of amides is 1. The summed E-state index contributed by atoms with van der Waals surface area (Å²) in [6.45, 7) is 2.57. The molecular formula is C23H23F3N4O4. The van der Waals surface area contributed by atoms with Crippen molar-refractivity contribution in [2.24, 2.45) is 5.92 Å². The molecule has 34 heavy (non-hydrogen) atoms. The topological polar surface area (TPSA) is 86.0 Å². The van der Waals surface area contributed by atoms with Gasteiger partial charge in [-0.2, -0.15) is 18.3 Å². The average molecular weight is 476 g/mol. The molecule has 0 radical (unpaired) electrons. The summed E-state index contributed by atoms with van der Waals surface area (Å²) < 4.78 is 52.4. The summed E-state index contributed by atoms with van der Waals surface area (Å²) in [4.78, 5) is 31.0. The number of carbonyl (C=O) groups excluding carboxylic acids is 2. The molecule has 0 bridgehead atoms. The van der Waals surface area contributed by atoms with Gasteiger partial charge >= 0.3 is 12.1 Å². The number of likely N-dealkylation sites (tertiary alicyclic amines) is 1. The maximum atomic E-state index is 13.9. The third-order valence-electron chi connectivity index (χ3n) is 5.76. The van der Waals surface area contributed by atoms with Gasteiger partial charge in [-0.05, 0) is 38.0 Å². The zero-order valence-corrected chi connectivity index (χ0v) is 18.6. The molecule has 0 unspecified atom stereocenters. The van der Waals surface area contributed by atoms with E-state index >= 15 is 0 Å². The second-order valence-corrected chi connectivity index (χ2v) is 7.87. The molecule has 8 nitrogen and oxygen atoms in total. The molecule has 4 rings (SSSR count). The number of ether oxygens (including phenoxy) is 2.